The number of nitrogen functional groups attached to an aromatic ring is 1. The zero-order valence-electron chi connectivity index (χ0n) is 6.56. The van der Waals surface area contributed by atoms with Crippen LogP contribution in [0.25, 0.3) is 0 Å². The molecule has 3 N–H and O–H groups in total. The van der Waals surface area contributed by atoms with Crippen molar-refractivity contribution in [1.82, 2.24) is 0 Å². The Balaban J connectivity index is 0.00000121. The molecule has 0 aliphatic heterocycles. The van der Waals surface area contributed by atoms with E-state index in [1.807, 2.05) is 12.1 Å². The molecule has 0 spiro atoms. The first-order chi connectivity index (χ1) is 5.34. The number of aliphatic hydroxyl groups excluding tert-OH is 1. The first-order valence-electron chi connectivity index (χ1n) is 3.43. The number of benzene rings is 1. The molecule has 0 aromatic heterocycles. The molecule has 0 saturated heterocycles. The van der Waals surface area contributed by atoms with E-state index in [0.29, 0.717) is 11.4 Å². The van der Waals surface area contributed by atoms with Crippen molar-refractivity contribution in [2.75, 3.05) is 18.9 Å². The van der Waals surface area contributed by atoms with Gasteiger partial charge in [-0.15, -0.1) is 12.4 Å². The summed E-state index contributed by atoms with van der Waals surface area (Å²) in [5.74, 6) is 0.626. The number of rotatable bonds is 3. The number of ether oxygens (including phenoxy) is 1. The normalized spacial score (nSPS) is 8.75. The molecule has 0 aliphatic carbocycles. The molecule has 3 nitrogen and oxygen atoms in total. The third kappa shape index (κ3) is 2.98. The lowest BCUT2D eigenvalue weighted by Crippen LogP contribution is -2.03. The summed E-state index contributed by atoms with van der Waals surface area (Å²) >= 11 is 0. The summed E-state index contributed by atoms with van der Waals surface area (Å²) in [5, 5.41) is 8.45. The quantitative estimate of drug-likeness (QED) is 0.700. The van der Waals surface area contributed by atoms with E-state index in [1.165, 1.54) is 0 Å². The Kier molecular flexibility index (Phi) is 5.25. The van der Waals surface area contributed by atoms with Crippen LogP contribution in [0, 0.1) is 0 Å². The zero-order valence-corrected chi connectivity index (χ0v) is 7.38. The minimum absolute atomic E-state index is 0. The fourth-order valence-corrected chi connectivity index (χ4v) is 0.768. The number of aliphatic hydroxyl groups is 1. The Morgan fingerprint density at radius 2 is 2.00 bits per heavy atom. The monoisotopic (exact) mass is 189 g/mol. The molecular weight excluding hydrogens is 178 g/mol. The van der Waals surface area contributed by atoms with E-state index in [9.17, 15) is 0 Å². The van der Waals surface area contributed by atoms with Crippen molar-refractivity contribution >= 4 is 18.1 Å². The van der Waals surface area contributed by atoms with Gasteiger partial charge in [-0.05, 0) is 12.1 Å². The zero-order chi connectivity index (χ0) is 8.10. The summed E-state index contributed by atoms with van der Waals surface area (Å²) in [4.78, 5) is 0. The molecule has 0 saturated carbocycles. The highest BCUT2D eigenvalue weighted by molar-refractivity contribution is 5.85. The van der Waals surface area contributed by atoms with Gasteiger partial charge in [-0.25, -0.2) is 0 Å². The molecule has 0 fully saturated rings. The fraction of sp³-hybridized carbons (Fsp3) is 0.250. The topological polar surface area (TPSA) is 55.5 Å². The van der Waals surface area contributed by atoms with Gasteiger partial charge in [-0.2, -0.15) is 0 Å². The standard InChI is InChI=1S/C8H11NO2.ClH/c9-7-3-1-2-4-8(7)11-6-5-10;/h1-4,10H,5-6,9H2;1H. The van der Waals surface area contributed by atoms with Gasteiger partial charge in [0.05, 0.1) is 12.3 Å². The van der Waals surface area contributed by atoms with Crippen molar-refractivity contribution < 1.29 is 9.84 Å². The van der Waals surface area contributed by atoms with Crippen LogP contribution in [0.3, 0.4) is 0 Å². The Bertz CT molecular complexity index is 230. The largest absolute Gasteiger partial charge is 0.489 e. The summed E-state index contributed by atoms with van der Waals surface area (Å²) in [5.41, 5.74) is 6.15. The highest BCUT2D eigenvalue weighted by atomic mass is 35.5. The molecule has 0 unspecified atom stereocenters. The van der Waals surface area contributed by atoms with Crippen molar-refractivity contribution in [3.63, 3.8) is 0 Å². The van der Waals surface area contributed by atoms with Crippen LogP contribution in [0.15, 0.2) is 24.3 Å². The molecule has 0 heterocycles. The Labute approximate surface area is 77.6 Å². The summed E-state index contributed by atoms with van der Waals surface area (Å²) in [6, 6.07) is 7.20. The Hall–Kier alpha value is -0.930. The van der Waals surface area contributed by atoms with Gasteiger partial charge in [-0.3, -0.25) is 0 Å². The molecule has 1 aromatic carbocycles. The second-order valence-electron chi connectivity index (χ2n) is 2.11. The average molecular weight is 190 g/mol. The molecule has 0 atom stereocenters. The van der Waals surface area contributed by atoms with E-state index in [-0.39, 0.29) is 25.6 Å². The molecule has 4 heteroatoms. The Morgan fingerprint density at radius 3 is 2.58 bits per heavy atom. The van der Waals surface area contributed by atoms with Gasteiger partial charge in [0.2, 0.25) is 0 Å². The van der Waals surface area contributed by atoms with Crippen LogP contribution in [-0.4, -0.2) is 18.3 Å². The summed E-state index contributed by atoms with van der Waals surface area (Å²) < 4.78 is 5.11. The van der Waals surface area contributed by atoms with Gasteiger partial charge >= 0.3 is 0 Å². The van der Waals surface area contributed by atoms with Crippen LogP contribution in [0.1, 0.15) is 0 Å². The molecule has 12 heavy (non-hydrogen) atoms. The van der Waals surface area contributed by atoms with Crippen molar-refractivity contribution in [1.29, 1.82) is 0 Å². The highest BCUT2D eigenvalue weighted by Crippen LogP contribution is 2.18. The van der Waals surface area contributed by atoms with Crippen LogP contribution in [0.5, 0.6) is 5.75 Å². The van der Waals surface area contributed by atoms with Crippen LogP contribution >= 0.6 is 12.4 Å². The maximum absolute atomic E-state index is 8.45. The fourth-order valence-electron chi connectivity index (χ4n) is 0.768. The van der Waals surface area contributed by atoms with Crippen LogP contribution in [0.4, 0.5) is 5.69 Å². The lowest BCUT2D eigenvalue weighted by Gasteiger charge is -2.05. The predicted octanol–water partition coefficient (Wildman–Crippen LogP) is 1.06. The van der Waals surface area contributed by atoms with Crippen LogP contribution < -0.4 is 10.5 Å². The molecule has 0 bridgehead atoms. The maximum Gasteiger partial charge on any atom is 0.142 e. The summed E-state index contributed by atoms with van der Waals surface area (Å²) in [7, 11) is 0. The van der Waals surface area contributed by atoms with Gasteiger partial charge < -0.3 is 15.6 Å². The van der Waals surface area contributed by atoms with E-state index < -0.39 is 0 Å². The van der Waals surface area contributed by atoms with Gasteiger partial charge in [-0.1, -0.05) is 12.1 Å². The van der Waals surface area contributed by atoms with E-state index in [4.69, 9.17) is 15.6 Å². The summed E-state index contributed by atoms with van der Waals surface area (Å²) in [6.07, 6.45) is 0. The third-order valence-electron chi connectivity index (χ3n) is 1.27. The second-order valence-corrected chi connectivity index (χ2v) is 2.11. The Morgan fingerprint density at radius 1 is 1.33 bits per heavy atom. The molecule has 0 aliphatic rings. The third-order valence-corrected chi connectivity index (χ3v) is 1.27. The van der Waals surface area contributed by atoms with Gasteiger partial charge in [0, 0.05) is 0 Å². The van der Waals surface area contributed by atoms with Crippen LogP contribution in [0.2, 0.25) is 0 Å². The number of halogens is 1. The van der Waals surface area contributed by atoms with Crippen molar-refractivity contribution in [2.24, 2.45) is 0 Å². The SMILES string of the molecule is Cl.Nc1ccccc1OCCO. The second kappa shape index (κ2) is 5.69. The molecule has 0 radical (unpaired) electrons. The molecule has 1 rings (SSSR count). The number of nitrogens with two attached hydrogens (primary N) is 1. The van der Waals surface area contributed by atoms with Gasteiger partial charge in [0.1, 0.15) is 12.4 Å². The maximum atomic E-state index is 8.45. The first-order valence-corrected chi connectivity index (χ1v) is 3.43. The van der Waals surface area contributed by atoms with Crippen molar-refractivity contribution in [3.8, 4) is 5.75 Å². The van der Waals surface area contributed by atoms with Crippen LogP contribution in [-0.2, 0) is 0 Å². The number of para-hydroxylation sites is 2. The molecule has 68 valence electrons. The lowest BCUT2D eigenvalue weighted by atomic mass is 10.3. The van der Waals surface area contributed by atoms with E-state index in [1.54, 1.807) is 12.1 Å². The number of hydrogen-bond acceptors (Lipinski definition) is 3. The average Bonchev–Trinajstić information content (AvgIpc) is 2.03. The van der Waals surface area contributed by atoms with Gasteiger partial charge in [0.15, 0.2) is 0 Å². The van der Waals surface area contributed by atoms with E-state index in [0.717, 1.165) is 0 Å². The van der Waals surface area contributed by atoms with Crippen molar-refractivity contribution in [3.05, 3.63) is 24.3 Å². The molecule has 1 aromatic rings. The lowest BCUT2D eigenvalue weighted by molar-refractivity contribution is 0.202. The highest BCUT2D eigenvalue weighted by Gasteiger charge is 1.95. The smallest absolute Gasteiger partial charge is 0.142 e. The van der Waals surface area contributed by atoms with Crippen molar-refractivity contribution in [2.45, 2.75) is 0 Å². The van der Waals surface area contributed by atoms with E-state index >= 15 is 0 Å². The first kappa shape index (κ1) is 11.1. The molecule has 0 amide bonds. The minimum Gasteiger partial charge on any atom is -0.489 e. The van der Waals surface area contributed by atoms with Gasteiger partial charge in [0.25, 0.3) is 0 Å². The number of hydrogen-bond donors (Lipinski definition) is 2. The summed E-state index contributed by atoms with van der Waals surface area (Å²) in [6.45, 7) is 0.294. The predicted molar refractivity (Wildman–Crippen MR) is 50.7 cm³/mol. The van der Waals surface area contributed by atoms with E-state index in [2.05, 4.69) is 0 Å². The minimum atomic E-state index is 0. The number of anilines is 1. The molecular formula is C8H12ClNO2.